The van der Waals surface area contributed by atoms with E-state index in [1.165, 1.54) is 0 Å². The summed E-state index contributed by atoms with van der Waals surface area (Å²) >= 11 is 0. The van der Waals surface area contributed by atoms with E-state index in [1.807, 2.05) is 12.1 Å². The number of benzene rings is 1. The van der Waals surface area contributed by atoms with Crippen molar-refractivity contribution in [2.75, 3.05) is 12.4 Å². The maximum atomic E-state index is 11.6. The minimum absolute atomic E-state index is 0.0746. The third-order valence-electron chi connectivity index (χ3n) is 3.53. The van der Waals surface area contributed by atoms with Gasteiger partial charge in [-0.05, 0) is 42.4 Å². The monoisotopic (exact) mass is 254 g/mol. The Morgan fingerprint density at radius 1 is 1.24 bits per heavy atom. The number of hydrogen-bond donors (Lipinski definition) is 1. The molecule has 1 aromatic carbocycles. The van der Waals surface area contributed by atoms with Gasteiger partial charge in [0.05, 0.1) is 10.6 Å². The highest BCUT2D eigenvalue weighted by Crippen LogP contribution is 2.47. The lowest BCUT2D eigenvalue weighted by Gasteiger charge is -2.11. The second kappa shape index (κ2) is 4.42. The average molecular weight is 254 g/mol. The van der Waals surface area contributed by atoms with Crippen molar-refractivity contribution in [1.82, 2.24) is 0 Å². The summed E-state index contributed by atoms with van der Waals surface area (Å²) in [6, 6.07) is 7.06. The zero-order chi connectivity index (χ0) is 12.5. The fourth-order valence-corrected chi connectivity index (χ4v) is 2.87. The number of rotatable bonds is 5. The minimum Gasteiger partial charge on any atom is -0.396 e. The maximum Gasteiger partial charge on any atom is 0.178 e. The molecule has 94 valence electrons. The summed E-state index contributed by atoms with van der Waals surface area (Å²) in [6.07, 6.45) is 2.98. The van der Waals surface area contributed by atoms with E-state index < -0.39 is 9.84 Å². The van der Waals surface area contributed by atoms with Crippen LogP contribution in [0.5, 0.6) is 0 Å². The van der Waals surface area contributed by atoms with Crippen LogP contribution in [0.1, 0.15) is 25.3 Å². The molecule has 0 heterocycles. The van der Waals surface area contributed by atoms with E-state index >= 15 is 0 Å². The minimum atomic E-state index is -3.10. The smallest absolute Gasteiger partial charge is 0.178 e. The third-order valence-corrected chi connectivity index (χ3v) is 5.28. The van der Waals surface area contributed by atoms with Crippen LogP contribution in [0.15, 0.2) is 29.2 Å². The molecule has 0 bridgehead atoms. The zero-order valence-electron chi connectivity index (χ0n) is 10.0. The lowest BCUT2D eigenvalue weighted by Crippen LogP contribution is -2.10. The van der Waals surface area contributed by atoms with E-state index in [0.29, 0.717) is 4.90 Å². The summed E-state index contributed by atoms with van der Waals surface area (Å²) in [6.45, 7) is 1.87. The molecule has 17 heavy (non-hydrogen) atoms. The van der Waals surface area contributed by atoms with E-state index in [-0.39, 0.29) is 17.8 Å². The van der Waals surface area contributed by atoms with Crippen LogP contribution in [0.2, 0.25) is 0 Å². The van der Waals surface area contributed by atoms with Crippen molar-refractivity contribution >= 4 is 9.84 Å². The van der Waals surface area contributed by atoms with Gasteiger partial charge >= 0.3 is 0 Å². The Hall–Kier alpha value is -0.870. The molecular weight excluding hydrogens is 236 g/mol. The number of sulfone groups is 1. The summed E-state index contributed by atoms with van der Waals surface area (Å²) in [5, 5.41) is 9.24. The second-order valence-corrected chi connectivity index (χ2v) is 7.16. The molecule has 1 N–H and O–H groups in total. The largest absolute Gasteiger partial charge is 0.396 e. The van der Waals surface area contributed by atoms with Crippen LogP contribution in [0.3, 0.4) is 0 Å². The Kier molecular flexibility index (Phi) is 3.27. The van der Waals surface area contributed by atoms with Crippen molar-refractivity contribution in [2.45, 2.75) is 31.1 Å². The third kappa shape index (κ3) is 2.69. The van der Waals surface area contributed by atoms with Crippen LogP contribution in [-0.2, 0) is 16.3 Å². The molecule has 1 aliphatic rings. The first-order valence-corrected chi connectivity index (χ1v) is 7.59. The number of aliphatic hydroxyl groups excluding tert-OH is 1. The van der Waals surface area contributed by atoms with Crippen molar-refractivity contribution in [3.8, 4) is 0 Å². The highest BCUT2D eigenvalue weighted by atomic mass is 32.2. The van der Waals surface area contributed by atoms with Gasteiger partial charge in [-0.3, -0.25) is 0 Å². The summed E-state index contributed by atoms with van der Waals surface area (Å²) in [7, 11) is -3.10. The predicted molar refractivity (Wildman–Crippen MR) is 66.6 cm³/mol. The Morgan fingerprint density at radius 3 is 2.24 bits per heavy atom. The summed E-state index contributed by atoms with van der Waals surface area (Å²) < 4.78 is 23.3. The molecule has 0 radical (unpaired) electrons. The summed E-state index contributed by atoms with van der Waals surface area (Å²) in [5.74, 6) is 0.132. The van der Waals surface area contributed by atoms with Crippen molar-refractivity contribution < 1.29 is 13.5 Å². The lowest BCUT2D eigenvalue weighted by molar-refractivity contribution is 0.211. The van der Waals surface area contributed by atoms with Crippen LogP contribution >= 0.6 is 0 Å². The Labute approximate surface area is 102 Å². The molecule has 1 fully saturated rings. The summed E-state index contributed by atoms with van der Waals surface area (Å²) in [5.41, 5.74) is 1.18. The van der Waals surface area contributed by atoms with Crippen molar-refractivity contribution in [2.24, 2.45) is 5.41 Å². The second-order valence-electron chi connectivity index (χ2n) is 4.88. The van der Waals surface area contributed by atoms with Gasteiger partial charge in [0.2, 0.25) is 0 Å². The molecule has 0 aromatic heterocycles. The topological polar surface area (TPSA) is 54.4 Å². The SMILES string of the molecule is CCS(=O)(=O)c1ccc(CC2(CO)CC2)cc1. The van der Waals surface area contributed by atoms with Crippen LogP contribution in [0.25, 0.3) is 0 Å². The molecule has 1 saturated carbocycles. The first-order chi connectivity index (χ1) is 8.01. The van der Waals surface area contributed by atoms with Crippen molar-refractivity contribution in [3.63, 3.8) is 0 Å². The van der Waals surface area contributed by atoms with E-state index in [2.05, 4.69) is 0 Å². The van der Waals surface area contributed by atoms with Gasteiger partial charge in [-0.25, -0.2) is 8.42 Å². The van der Waals surface area contributed by atoms with Crippen molar-refractivity contribution in [3.05, 3.63) is 29.8 Å². The van der Waals surface area contributed by atoms with E-state index in [9.17, 15) is 13.5 Å². The number of aliphatic hydroxyl groups is 1. The zero-order valence-corrected chi connectivity index (χ0v) is 10.8. The lowest BCUT2D eigenvalue weighted by atomic mass is 9.98. The molecule has 1 aliphatic carbocycles. The fraction of sp³-hybridized carbons (Fsp3) is 0.538. The molecule has 0 spiro atoms. The molecule has 0 atom stereocenters. The fourth-order valence-electron chi connectivity index (χ4n) is 1.98. The molecular formula is C13H18O3S. The standard InChI is InChI=1S/C13H18O3S/c1-2-17(15,16)12-5-3-11(4-6-12)9-13(10-14)7-8-13/h3-6,14H,2,7-10H2,1H3. The first kappa shape index (κ1) is 12.6. The molecule has 2 rings (SSSR count). The Morgan fingerprint density at radius 2 is 1.82 bits per heavy atom. The van der Waals surface area contributed by atoms with E-state index in [0.717, 1.165) is 24.8 Å². The molecule has 0 aliphatic heterocycles. The molecule has 4 heteroatoms. The van der Waals surface area contributed by atoms with Crippen LogP contribution in [0, 0.1) is 5.41 Å². The van der Waals surface area contributed by atoms with Gasteiger partial charge in [-0.1, -0.05) is 19.1 Å². The van der Waals surface area contributed by atoms with Crippen molar-refractivity contribution in [1.29, 1.82) is 0 Å². The first-order valence-electron chi connectivity index (χ1n) is 5.94. The highest BCUT2D eigenvalue weighted by molar-refractivity contribution is 7.91. The molecule has 0 saturated heterocycles. The maximum absolute atomic E-state index is 11.6. The van der Waals surface area contributed by atoms with Crippen LogP contribution < -0.4 is 0 Å². The Balaban J connectivity index is 2.14. The molecule has 0 unspecified atom stereocenters. The quantitative estimate of drug-likeness (QED) is 0.871. The van der Waals surface area contributed by atoms with Crippen LogP contribution in [-0.4, -0.2) is 25.9 Å². The average Bonchev–Trinajstić information content (AvgIpc) is 3.10. The molecule has 1 aromatic rings. The van der Waals surface area contributed by atoms with Crippen LogP contribution in [0.4, 0.5) is 0 Å². The van der Waals surface area contributed by atoms with E-state index in [1.54, 1.807) is 19.1 Å². The van der Waals surface area contributed by atoms with Gasteiger partial charge in [0.1, 0.15) is 0 Å². The van der Waals surface area contributed by atoms with Gasteiger partial charge in [0, 0.05) is 6.61 Å². The predicted octanol–water partition coefficient (Wildman–Crippen LogP) is 1.80. The highest BCUT2D eigenvalue weighted by Gasteiger charge is 2.41. The van der Waals surface area contributed by atoms with Gasteiger partial charge in [0.15, 0.2) is 9.84 Å². The summed E-state index contributed by atoms with van der Waals surface area (Å²) in [4.78, 5) is 0.387. The van der Waals surface area contributed by atoms with E-state index in [4.69, 9.17) is 0 Å². The van der Waals surface area contributed by atoms with Gasteiger partial charge in [0.25, 0.3) is 0 Å². The molecule has 0 amide bonds. The van der Waals surface area contributed by atoms with Gasteiger partial charge in [-0.15, -0.1) is 0 Å². The molecule has 3 nitrogen and oxygen atoms in total. The number of hydrogen-bond acceptors (Lipinski definition) is 3. The Bertz CT molecular complexity index is 484. The van der Waals surface area contributed by atoms with Gasteiger partial charge in [-0.2, -0.15) is 0 Å². The van der Waals surface area contributed by atoms with Gasteiger partial charge < -0.3 is 5.11 Å². The normalized spacial score (nSPS) is 18.0.